The molecule has 0 spiro atoms. The number of thioether (sulfide) groups is 1. The Balaban J connectivity index is 2.57. The standard InChI is InChI=1S/C16H24OS/c1-5-6-7-8-18-11-15(17)16-13(3)9-12(2)10-14(16)4/h9-10H,5-8,11H2,1-4H3. The SMILES string of the molecule is CCCCCSCC(=O)c1c(C)cc(C)cc1C. The number of carbonyl (C=O) groups is 1. The van der Waals surface area contributed by atoms with Gasteiger partial charge in [0.05, 0.1) is 5.75 Å². The van der Waals surface area contributed by atoms with Gasteiger partial charge in [-0.3, -0.25) is 4.79 Å². The van der Waals surface area contributed by atoms with Crippen molar-refractivity contribution in [3.05, 3.63) is 34.4 Å². The van der Waals surface area contributed by atoms with Crippen LogP contribution in [0, 0.1) is 20.8 Å². The van der Waals surface area contributed by atoms with Crippen molar-refractivity contribution in [3.63, 3.8) is 0 Å². The molecule has 0 saturated carbocycles. The third-order valence-corrected chi connectivity index (χ3v) is 4.12. The van der Waals surface area contributed by atoms with Gasteiger partial charge in [0.15, 0.2) is 5.78 Å². The van der Waals surface area contributed by atoms with Crippen molar-refractivity contribution in [1.82, 2.24) is 0 Å². The number of hydrogen-bond acceptors (Lipinski definition) is 2. The van der Waals surface area contributed by atoms with Crippen LogP contribution in [0.15, 0.2) is 12.1 Å². The van der Waals surface area contributed by atoms with E-state index in [2.05, 4.69) is 26.0 Å². The molecule has 0 fully saturated rings. The largest absolute Gasteiger partial charge is 0.293 e. The summed E-state index contributed by atoms with van der Waals surface area (Å²) in [5.74, 6) is 2.00. The average Bonchev–Trinajstić information content (AvgIpc) is 2.27. The molecule has 1 aromatic rings. The topological polar surface area (TPSA) is 17.1 Å². The first kappa shape index (κ1) is 15.3. The summed E-state index contributed by atoms with van der Waals surface area (Å²) in [5.41, 5.74) is 4.40. The number of ketones is 1. The predicted molar refractivity (Wildman–Crippen MR) is 81.8 cm³/mol. The summed E-state index contributed by atoms with van der Waals surface area (Å²) in [6.07, 6.45) is 3.73. The smallest absolute Gasteiger partial charge is 0.173 e. The maximum absolute atomic E-state index is 12.2. The van der Waals surface area contributed by atoms with Crippen molar-refractivity contribution in [3.8, 4) is 0 Å². The van der Waals surface area contributed by atoms with Gasteiger partial charge in [0.1, 0.15) is 0 Å². The normalized spacial score (nSPS) is 10.7. The fourth-order valence-corrected chi connectivity index (χ4v) is 3.19. The molecule has 100 valence electrons. The van der Waals surface area contributed by atoms with Gasteiger partial charge in [-0.25, -0.2) is 0 Å². The summed E-state index contributed by atoms with van der Waals surface area (Å²) in [7, 11) is 0. The number of carbonyl (C=O) groups excluding carboxylic acids is 1. The molecule has 0 heterocycles. The minimum atomic E-state index is 0.284. The molecule has 0 aliphatic rings. The van der Waals surface area contributed by atoms with Crippen LogP contribution < -0.4 is 0 Å². The number of unbranched alkanes of at least 4 members (excludes halogenated alkanes) is 2. The van der Waals surface area contributed by atoms with E-state index in [1.54, 1.807) is 11.8 Å². The monoisotopic (exact) mass is 264 g/mol. The molecule has 0 N–H and O–H groups in total. The maximum Gasteiger partial charge on any atom is 0.173 e. The fraction of sp³-hybridized carbons (Fsp3) is 0.562. The van der Waals surface area contributed by atoms with E-state index in [0.29, 0.717) is 5.75 Å². The lowest BCUT2D eigenvalue weighted by Gasteiger charge is -2.10. The summed E-state index contributed by atoms with van der Waals surface area (Å²) < 4.78 is 0. The Labute approximate surface area is 115 Å². The Kier molecular flexibility index (Phi) is 6.48. The van der Waals surface area contributed by atoms with Crippen LogP contribution in [-0.4, -0.2) is 17.3 Å². The van der Waals surface area contributed by atoms with E-state index in [-0.39, 0.29) is 5.78 Å². The molecule has 1 rings (SSSR count). The zero-order chi connectivity index (χ0) is 13.5. The van der Waals surface area contributed by atoms with E-state index in [9.17, 15) is 4.79 Å². The number of aryl methyl sites for hydroxylation is 3. The molecule has 0 atom stereocenters. The molecule has 0 unspecified atom stereocenters. The summed E-state index contributed by atoms with van der Waals surface area (Å²) in [6.45, 7) is 8.35. The third kappa shape index (κ3) is 4.49. The quantitative estimate of drug-likeness (QED) is 0.523. The van der Waals surface area contributed by atoms with Gasteiger partial charge in [-0.15, -0.1) is 0 Å². The van der Waals surface area contributed by atoms with Crippen molar-refractivity contribution >= 4 is 17.5 Å². The summed E-state index contributed by atoms with van der Waals surface area (Å²) in [5, 5.41) is 0. The average molecular weight is 264 g/mol. The zero-order valence-corrected chi connectivity index (χ0v) is 12.8. The minimum absolute atomic E-state index is 0.284. The van der Waals surface area contributed by atoms with Crippen LogP contribution in [-0.2, 0) is 0 Å². The first-order valence-corrected chi connectivity index (χ1v) is 7.90. The van der Waals surface area contributed by atoms with Gasteiger partial charge >= 0.3 is 0 Å². The lowest BCUT2D eigenvalue weighted by molar-refractivity contribution is 0.102. The van der Waals surface area contributed by atoms with Crippen LogP contribution >= 0.6 is 11.8 Å². The molecular formula is C16H24OS. The Morgan fingerprint density at radius 3 is 2.28 bits per heavy atom. The Morgan fingerprint density at radius 1 is 1.11 bits per heavy atom. The van der Waals surface area contributed by atoms with Gasteiger partial charge in [0, 0.05) is 5.56 Å². The number of benzene rings is 1. The van der Waals surface area contributed by atoms with E-state index in [4.69, 9.17) is 0 Å². The molecule has 0 saturated heterocycles. The zero-order valence-electron chi connectivity index (χ0n) is 12.0. The van der Waals surface area contributed by atoms with Gasteiger partial charge in [-0.1, -0.05) is 37.5 Å². The van der Waals surface area contributed by atoms with Crippen LogP contribution in [0.3, 0.4) is 0 Å². The van der Waals surface area contributed by atoms with Crippen LogP contribution in [0.1, 0.15) is 53.2 Å². The lowest BCUT2D eigenvalue weighted by Crippen LogP contribution is -2.08. The predicted octanol–water partition coefficient (Wildman–Crippen LogP) is 4.72. The highest BCUT2D eigenvalue weighted by molar-refractivity contribution is 7.99. The molecule has 0 aliphatic heterocycles. The van der Waals surface area contributed by atoms with Crippen LogP contribution in [0.4, 0.5) is 0 Å². The number of Topliss-reactive ketones (excluding diaryl/α,β-unsaturated/α-hetero) is 1. The molecule has 2 heteroatoms. The second-order valence-electron chi connectivity index (χ2n) is 4.96. The highest BCUT2D eigenvalue weighted by Crippen LogP contribution is 2.19. The van der Waals surface area contributed by atoms with E-state index in [1.165, 1.54) is 24.8 Å². The molecule has 0 bridgehead atoms. The lowest BCUT2D eigenvalue weighted by atomic mass is 9.97. The second-order valence-corrected chi connectivity index (χ2v) is 6.06. The van der Waals surface area contributed by atoms with Gasteiger partial charge in [0.25, 0.3) is 0 Å². The Hall–Kier alpha value is -0.760. The van der Waals surface area contributed by atoms with Crippen LogP contribution in [0.25, 0.3) is 0 Å². The van der Waals surface area contributed by atoms with Gasteiger partial charge in [0.2, 0.25) is 0 Å². The van der Waals surface area contributed by atoms with Gasteiger partial charge < -0.3 is 0 Å². The first-order chi connectivity index (χ1) is 8.56. The summed E-state index contributed by atoms with van der Waals surface area (Å²) in [6, 6.07) is 4.20. The molecule has 1 nitrogen and oxygen atoms in total. The van der Waals surface area contributed by atoms with E-state index >= 15 is 0 Å². The van der Waals surface area contributed by atoms with Gasteiger partial charge in [-0.2, -0.15) is 11.8 Å². The second kappa shape index (κ2) is 7.63. The third-order valence-electron chi connectivity index (χ3n) is 3.08. The van der Waals surface area contributed by atoms with E-state index in [0.717, 1.165) is 22.4 Å². The molecular weight excluding hydrogens is 240 g/mol. The summed E-state index contributed by atoms with van der Waals surface area (Å²) in [4.78, 5) is 12.2. The Bertz CT molecular complexity index is 387. The fourth-order valence-electron chi connectivity index (χ4n) is 2.31. The van der Waals surface area contributed by atoms with Crippen molar-refractivity contribution in [1.29, 1.82) is 0 Å². The van der Waals surface area contributed by atoms with Crippen LogP contribution in [0.5, 0.6) is 0 Å². The molecule has 0 aliphatic carbocycles. The minimum Gasteiger partial charge on any atom is -0.293 e. The number of rotatable bonds is 7. The molecule has 0 radical (unpaired) electrons. The van der Waals surface area contributed by atoms with Crippen molar-refractivity contribution in [2.24, 2.45) is 0 Å². The van der Waals surface area contributed by atoms with Crippen molar-refractivity contribution in [2.45, 2.75) is 47.0 Å². The first-order valence-electron chi connectivity index (χ1n) is 6.75. The van der Waals surface area contributed by atoms with E-state index < -0.39 is 0 Å². The number of hydrogen-bond donors (Lipinski definition) is 0. The van der Waals surface area contributed by atoms with E-state index in [1.807, 2.05) is 13.8 Å². The molecule has 1 aromatic carbocycles. The highest BCUT2D eigenvalue weighted by atomic mass is 32.2. The Morgan fingerprint density at radius 2 is 1.72 bits per heavy atom. The summed E-state index contributed by atoms with van der Waals surface area (Å²) >= 11 is 1.77. The molecule has 0 amide bonds. The van der Waals surface area contributed by atoms with Crippen molar-refractivity contribution < 1.29 is 4.79 Å². The molecule has 0 aromatic heterocycles. The van der Waals surface area contributed by atoms with Gasteiger partial charge in [-0.05, 0) is 44.1 Å². The van der Waals surface area contributed by atoms with Crippen molar-refractivity contribution in [2.75, 3.05) is 11.5 Å². The highest BCUT2D eigenvalue weighted by Gasteiger charge is 2.12. The van der Waals surface area contributed by atoms with Crippen LogP contribution in [0.2, 0.25) is 0 Å². The maximum atomic E-state index is 12.2. The molecule has 18 heavy (non-hydrogen) atoms.